The number of para-hydroxylation sites is 1. The lowest BCUT2D eigenvalue weighted by molar-refractivity contribution is -0.274. The third kappa shape index (κ3) is 7.90. The van der Waals surface area contributed by atoms with Gasteiger partial charge in [-0.05, 0) is 59.7 Å². The summed E-state index contributed by atoms with van der Waals surface area (Å²) in [5.74, 6) is 0.608. The van der Waals surface area contributed by atoms with E-state index in [0.29, 0.717) is 29.6 Å². The Balaban J connectivity index is 1.15. The van der Waals surface area contributed by atoms with E-state index in [1.807, 2.05) is 48.5 Å². The maximum atomic E-state index is 12.7. The second-order valence-corrected chi connectivity index (χ2v) is 11.7. The highest BCUT2D eigenvalue weighted by Crippen LogP contribution is 2.33. The highest BCUT2D eigenvalue weighted by Gasteiger charge is 2.32. The second kappa shape index (κ2) is 13.6. The van der Waals surface area contributed by atoms with Gasteiger partial charge in [0.15, 0.2) is 11.0 Å². The minimum atomic E-state index is -4.76. The molecule has 0 saturated carbocycles. The number of anilines is 1. The SMILES string of the molecule is CC(C)c1ccccc1N1C(=O)CSC1=NC(=O)NCCC(C)c1ccc(-c2ncn(-c3ccc(OC(F)(F)F)cc3)n2)cc1. The van der Waals surface area contributed by atoms with Crippen molar-refractivity contribution >= 4 is 34.6 Å². The number of nitrogens with one attached hydrogen (secondary N) is 1. The van der Waals surface area contributed by atoms with E-state index in [1.165, 1.54) is 51.9 Å². The van der Waals surface area contributed by atoms with Crippen LogP contribution in [-0.4, -0.2) is 50.5 Å². The van der Waals surface area contributed by atoms with Gasteiger partial charge in [0.05, 0.1) is 17.1 Å². The third-order valence-electron chi connectivity index (χ3n) is 7.18. The fraction of sp³-hybridized carbons (Fsp3) is 0.281. The largest absolute Gasteiger partial charge is 0.573 e. The minimum absolute atomic E-state index is 0.104. The van der Waals surface area contributed by atoms with Gasteiger partial charge < -0.3 is 10.1 Å². The van der Waals surface area contributed by atoms with Crippen molar-refractivity contribution < 1.29 is 27.5 Å². The number of urea groups is 1. The van der Waals surface area contributed by atoms with Crippen LogP contribution in [0.15, 0.2) is 84.1 Å². The monoisotopic (exact) mass is 636 g/mol. The summed E-state index contributed by atoms with van der Waals surface area (Å²) in [5, 5.41) is 7.65. The molecule has 0 radical (unpaired) electrons. The van der Waals surface area contributed by atoms with E-state index in [9.17, 15) is 22.8 Å². The molecule has 1 aliphatic rings. The zero-order valence-electron chi connectivity index (χ0n) is 24.8. The van der Waals surface area contributed by atoms with E-state index in [-0.39, 0.29) is 29.2 Å². The molecule has 5 rings (SSSR count). The Labute approximate surface area is 262 Å². The molecule has 234 valence electrons. The summed E-state index contributed by atoms with van der Waals surface area (Å²) >= 11 is 1.25. The summed E-state index contributed by atoms with van der Waals surface area (Å²) in [6.45, 7) is 6.57. The van der Waals surface area contributed by atoms with Crippen molar-refractivity contribution in [2.45, 2.75) is 45.4 Å². The van der Waals surface area contributed by atoms with Gasteiger partial charge in [-0.25, -0.2) is 14.5 Å². The molecule has 0 bridgehead atoms. The first kappa shape index (κ1) is 31.8. The maximum absolute atomic E-state index is 12.7. The fourth-order valence-corrected chi connectivity index (χ4v) is 5.69. The van der Waals surface area contributed by atoms with Crippen LogP contribution in [0.4, 0.5) is 23.7 Å². The number of thioether (sulfide) groups is 1. The van der Waals surface area contributed by atoms with Crippen molar-refractivity contribution in [2.24, 2.45) is 4.99 Å². The molecular weight excluding hydrogens is 605 g/mol. The van der Waals surface area contributed by atoms with E-state index in [2.05, 4.69) is 45.9 Å². The number of rotatable bonds is 9. The van der Waals surface area contributed by atoms with Gasteiger partial charge >= 0.3 is 12.4 Å². The highest BCUT2D eigenvalue weighted by molar-refractivity contribution is 8.15. The summed E-state index contributed by atoms with van der Waals surface area (Å²) in [7, 11) is 0. The number of amides is 3. The van der Waals surface area contributed by atoms with E-state index in [4.69, 9.17) is 0 Å². The molecule has 0 aliphatic carbocycles. The lowest BCUT2D eigenvalue weighted by atomic mass is 9.96. The van der Waals surface area contributed by atoms with Crippen LogP contribution in [-0.2, 0) is 4.79 Å². The van der Waals surface area contributed by atoms with Crippen LogP contribution in [0.1, 0.15) is 50.2 Å². The lowest BCUT2D eigenvalue weighted by Gasteiger charge is -2.21. The van der Waals surface area contributed by atoms with Gasteiger partial charge in [-0.15, -0.1) is 18.3 Å². The van der Waals surface area contributed by atoms with Crippen LogP contribution < -0.4 is 15.0 Å². The van der Waals surface area contributed by atoms with Gasteiger partial charge in [0, 0.05) is 12.1 Å². The number of aromatic nitrogens is 3. The van der Waals surface area contributed by atoms with E-state index in [1.54, 1.807) is 0 Å². The van der Waals surface area contributed by atoms with Crippen molar-refractivity contribution in [1.29, 1.82) is 0 Å². The molecule has 1 fully saturated rings. The van der Waals surface area contributed by atoms with Crippen LogP contribution in [0.25, 0.3) is 17.1 Å². The molecule has 1 saturated heterocycles. The summed E-state index contributed by atoms with van der Waals surface area (Å²) in [6, 6.07) is 20.2. The van der Waals surface area contributed by atoms with Gasteiger partial charge in [-0.2, -0.15) is 4.99 Å². The second-order valence-electron chi connectivity index (χ2n) is 10.7. The van der Waals surface area contributed by atoms with Crippen LogP contribution in [0.2, 0.25) is 0 Å². The molecule has 1 N–H and O–H groups in total. The molecule has 45 heavy (non-hydrogen) atoms. The number of carbonyl (C=O) groups is 2. The number of benzene rings is 3. The number of carbonyl (C=O) groups excluding carboxylic acids is 2. The topological polar surface area (TPSA) is 102 Å². The number of halogens is 3. The van der Waals surface area contributed by atoms with Crippen molar-refractivity contribution in [3.8, 4) is 22.8 Å². The molecule has 1 atom stereocenters. The fourth-order valence-electron chi connectivity index (χ4n) is 4.83. The van der Waals surface area contributed by atoms with Crippen molar-refractivity contribution in [1.82, 2.24) is 20.1 Å². The maximum Gasteiger partial charge on any atom is 0.573 e. The Morgan fingerprint density at radius 1 is 1.04 bits per heavy atom. The van der Waals surface area contributed by atoms with Gasteiger partial charge in [-0.1, -0.05) is 75.0 Å². The van der Waals surface area contributed by atoms with Gasteiger partial charge in [0.25, 0.3) is 0 Å². The van der Waals surface area contributed by atoms with E-state index < -0.39 is 12.4 Å². The number of hydrogen-bond acceptors (Lipinski definition) is 6. The van der Waals surface area contributed by atoms with Gasteiger partial charge in [0.1, 0.15) is 12.1 Å². The molecule has 1 aromatic heterocycles. The average Bonchev–Trinajstić information content (AvgIpc) is 3.64. The Morgan fingerprint density at radius 3 is 2.44 bits per heavy atom. The zero-order valence-corrected chi connectivity index (χ0v) is 25.6. The first-order chi connectivity index (χ1) is 21.5. The number of ether oxygens (including phenoxy) is 1. The first-order valence-electron chi connectivity index (χ1n) is 14.3. The smallest absolute Gasteiger partial charge is 0.406 e. The molecule has 3 amide bonds. The van der Waals surface area contributed by atoms with Crippen molar-refractivity contribution in [3.05, 3.63) is 90.3 Å². The van der Waals surface area contributed by atoms with Crippen molar-refractivity contribution in [2.75, 3.05) is 17.2 Å². The third-order valence-corrected chi connectivity index (χ3v) is 8.10. The van der Waals surface area contributed by atoms with Crippen LogP contribution >= 0.6 is 11.8 Å². The number of alkyl halides is 3. The van der Waals surface area contributed by atoms with Gasteiger partial charge in [0.2, 0.25) is 5.91 Å². The number of hydrogen-bond donors (Lipinski definition) is 1. The number of amidine groups is 1. The summed E-state index contributed by atoms with van der Waals surface area (Å²) in [4.78, 5) is 35.4. The zero-order chi connectivity index (χ0) is 32.1. The Hall–Kier alpha value is -4.65. The molecule has 3 aromatic carbocycles. The lowest BCUT2D eigenvalue weighted by Crippen LogP contribution is -2.32. The minimum Gasteiger partial charge on any atom is -0.406 e. The molecule has 2 heterocycles. The van der Waals surface area contributed by atoms with Crippen LogP contribution in [0.5, 0.6) is 5.75 Å². The standard InChI is InChI=1S/C32H31F3N6O3S/c1-20(2)26-6-4-5-7-27(26)41-28(42)18-45-31(41)38-30(43)36-17-16-21(3)22-8-10-23(11-9-22)29-37-19-40(39-29)24-12-14-25(15-13-24)44-32(33,34)35/h4-15,19-21H,16-18H2,1-3H3,(H,36,43). The first-order valence-corrected chi connectivity index (χ1v) is 15.3. The highest BCUT2D eigenvalue weighted by atomic mass is 32.2. The summed E-state index contributed by atoms with van der Waals surface area (Å²) < 4.78 is 42.6. The normalized spacial score (nSPS) is 15.1. The summed E-state index contributed by atoms with van der Waals surface area (Å²) in [6.07, 6.45) is -2.60. The Kier molecular flexibility index (Phi) is 9.57. The Morgan fingerprint density at radius 2 is 1.76 bits per heavy atom. The van der Waals surface area contributed by atoms with Crippen molar-refractivity contribution in [3.63, 3.8) is 0 Å². The van der Waals surface area contributed by atoms with Gasteiger partial charge in [-0.3, -0.25) is 9.69 Å². The molecular formula is C32H31F3N6O3S. The molecule has 4 aromatic rings. The molecule has 0 spiro atoms. The molecule has 1 aliphatic heterocycles. The molecule has 9 nitrogen and oxygen atoms in total. The van der Waals surface area contributed by atoms with Crippen LogP contribution in [0.3, 0.4) is 0 Å². The number of nitrogens with zero attached hydrogens (tertiary/aromatic N) is 5. The molecule has 13 heteroatoms. The van der Waals surface area contributed by atoms with E-state index >= 15 is 0 Å². The molecule has 1 unspecified atom stereocenters. The average molecular weight is 637 g/mol. The quantitative estimate of drug-likeness (QED) is 0.207. The Bertz CT molecular complexity index is 1690. The predicted octanol–water partition coefficient (Wildman–Crippen LogP) is 7.30. The van der Waals surface area contributed by atoms with Crippen LogP contribution in [0, 0.1) is 0 Å². The summed E-state index contributed by atoms with van der Waals surface area (Å²) in [5.41, 5.74) is 4.14. The number of aliphatic imine (C=N–C) groups is 1. The van der Waals surface area contributed by atoms with E-state index in [0.717, 1.165) is 22.4 Å². The predicted molar refractivity (Wildman–Crippen MR) is 168 cm³/mol.